The lowest BCUT2D eigenvalue weighted by atomic mass is 10.1. The molecule has 0 aliphatic rings. The first-order valence-electron chi connectivity index (χ1n) is 13.0. The molecule has 0 unspecified atom stereocenters. The topological polar surface area (TPSA) is 8.81 Å². The van der Waals surface area contributed by atoms with Crippen molar-refractivity contribution in [1.82, 2.24) is 4.57 Å². The average molecular weight is 412 g/mol. The number of rotatable bonds is 18. The maximum atomic E-state index is 2.53. The zero-order valence-corrected chi connectivity index (χ0v) is 20.0. The van der Waals surface area contributed by atoms with Crippen molar-refractivity contribution in [3.05, 3.63) is 48.5 Å². The van der Waals surface area contributed by atoms with Gasteiger partial charge in [0.05, 0.1) is 6.54 Å². The molecule has 168 valence electrons. The highest BCUT2D eigenvalue weighted by atomic mass is 15.1. The van der Waals surface area contributed by atoms with Crippen molar-refractivity contribution >= 4 is 0 Å². The number of nitrogens with zero attached hydrogens (tertiary/aromatic N) is 2. The molecule has 2 aromatic rings. The predicted octanol–water partition coefficient (Wildman–Crippen LogP) is 8.20. The number of benzene rings is 1. The third kappa shape index (κ3) is 9.49. The van der Waals surface area contributed by atoms with Crippen LogP contribution >= 0.6 is 0 Å². The third-order valence-electron chi connectivity index (χ3n) is 6.30. The quantitative estimate of drug-likeness (QED) is 0.173. The van der Waals surface area contributed by atoms with E-state index in [1.54, 1.807) is 0 Å². The lowest BCUT2D eigenvalue weighted by Gasteiger charge is -2.06. The number of aryl methyl sites for hydroxylation is 1. The first-order chi connectivity index (χ1) is 14.9. The number of para-hydroxylation sites is 1. The lowest BCUT2D eigenvalue weighted by molar-refractivity contribution is -0.704. The van der Waals surface area contributed by atoms with Gasteiger partial charge in [-0.1, -0.05) is 109 Å². The summed E-state index contributed by atoms with van der Waals surface area (Å²) in [5, 5.41) is 0. The Morgan fingerprint density at radius 3 is 1.77 bits per heavy atom. The van der Waals surface area contributed by atoms with Crippen LogP contribution in [0.3, 0.4) is 0 Å². The van der Waals surface area contributed by atoms with Crippen molar-refractivity contribution in [2.24, 2.45) is 0 Å². The average Bonchev–Trinajstić information content (AvgIpc) is 3.18. The van der Waals surface area contributed by atoms with Gasteiger partial charge in [0.2, 0.25) is 0 Å². The molecule has 2 heteroatoms. The van der Waals surface area contributed by atoms with Crippen molar-refractivity contribution in [2.75, 3.05) is 0 Å². The van der Waals surface area contributed by atoms with E-state index in [0.29, 0.717) is 0 Å². The van der Waals surface area contributed by atoms with Gasteiger partial charge in [0.1, 0.15) is 18.1 Å². The van der Waals surface area contributed by atoms with Crippen molar-refractivity contribution in [3.8, 4) is 5.69 Å². The number of aromatic nitrogens is 2. The summed E-state index contributed by atoms with van der Waals surface area (Å²) in [6.45, 7) is 5.76. The highest BCUT2D eigenvalue weighted by Crippen LogP contribution is 2.14. The van der Waals surface area contributed by atoms with E-state index in [9.17, 15) is 0 Å². The van der Waals surface area contributed by atoms with Crippen LogP contribution < -0.4 is 4.57 Å². The predicted molar refractivity (Wildman–Crippen MR) is 130 cm³/mol. The fraction of sp³-hybridized carbons (Fsp3) is 0.679. The molecule has 0 saturated carbocycles. The van der Waals surface area contributed by atoms with Crippen LogP contribution in [-0.2, 0) is 13.0 Å². The molecule has 0 saturated heterocycles. The van der Waals surface area contributed by atoms with Gasteiger partial charge in [-0.3, -0.25) is 0 Å². The Balaban J connectivity index is 1.83. The summed E-state index contributed by atoms with van der Waals surface area (Å²) in [5.74, 6) is 1.48. The molecule has 0 fully saturated rings. The first kappa shape index (κ1) is 24.7. The van der Waals surface area contributed by atoms with E-state index in [0.717, 1.165) is 0 Å². The summed E-state index contributed by atoms with van der Waals surface area (Å²) >= 11 is 0. The Morgan fingerprint density at radius 1 is 0.633 bits per heavy atom. The Hall–Kier alpha value is -1.57. The molecule has 0 aliphatic heterocycles. The van der Waals surface area contributed by atoms with E-state index in [4.69, 9.17) is 0 Å². The fourth-order valence-corrected chi connectivity index (χ4v) is 4.41. The van der Waals surface area contributed by atoms with Crippen LogP contribution in [0.1, 0.15) is 116 Å². The smallest absolute Gasteiger partial charge is 0.234 e. The van der Waals surface area contributed by atoms with E-state index >= 15 is 0 Å². The van der Waals surface area contributed by atoms with Crippen LogP contribution in [0.25, 0.3) is 5.69 Å². The van der Waals surface area contributed by atoms with E-state index in [-0.39, 0.29) is 0 Å². The second-order valence-corrected chi connectivity index (χ2v) is 8.96. The van der Waals surface area contributed by atoms with Crippen molar-refractivity contribution in [2.45, 2.75) is 123 Å². The second-order valence-electron chi connectivity index (χ2n) is 8.96. The summed E-state index contributed by atoms with van der Waals surface area (Å²) in [6, 6.07) is 10.9. The van der Waals surface area contributed by atoms with Gasteiger partial charge in [0.25, 0.3) is 5.82 Å². The highest BCUT2D eigenvalue weighted by molar-refractivity contribution is 5.31. The Kier molecular flexibility index (Phi) is 13.3. The largest absolute Gasteiger partial charge is 0.261 e. The molecule has 2 rings (SSSR count). The molecule has 1 heterocycles. The van der Waals surface area contributed by atoms with Crippen LogP contribution in [0, 0.1) is 0 Å². The zero-order valence-electron chi connectivity index (χ0n) is 20.0. The number of imidazole rings is 1. The van der Waals surface area contributed by atoms with Crippen molar-refractivity contribution in [1.29, 1.82) is 0 Å². The normalized spacial score (nSPS) is 11.3. The van der Waals surface area contributed by atoms with Gasteiger partial charge in [0.15, 0.2) is 0 Å². The summed E-state index contributed by atoms with van der Waals surface area (Å²) in [4.78, 5) is 0. The van der Waals surface area contributed by atoms with Crippen molar-refractivity contribution in [3.63, 3.8) is 0 Å². The Bertz CT molecular complexity index is 644. The van der Waals surface area contributed by atoms with Gasteiger partial charge in [-0.15, -0.1) is 0 Å². The number of hydrogen-bond donors (Lipinski definition) is 0. The SMILES string of the molecule is CCCCCCCCCCc1n(-c2ccccc2)cc[n+]1CCCCCCCCC. The minimum atomic E-state index is 1.17. The van der Waals surface area contributed by atoms with Crippen LogP contribution in [0.4, 0.5) is 0 Å². The van der Waals surface area contributed by atoms with Crippen molar-refractivity contribution < 1.29 is 4.57 Å². The van der Waals surface area contributed by atoms with Gasteiger partial charge >= 0.3 is 0 Å². The fourth-order valence-electron chi connectivity index (χ4n) is 4.41. The van der Waals surface area contributed by atoms with E-state index in [2.05, 4.69) is 65.7 Å². The molecule has 0 N–H and O–H groups in total. The lowest BCUT2D eigenvalue weighted by Crippen LogP contribution is -2.37. The van der Waals surface area contributed by atoms with Crippen LogP contribution in [0.2, 0.25) is 0 Å². The maximum absolute atomic E-state index is 2.53. The van der Waals surface area contributed by atoms with Gasteiger partial charge < -0.3 is 0 Å². The van der Waals surface area contributed by atoms with E-state index < -0.39 is 0 Å². The molecule has 1 aromatic carbocycles. The van der Waals surface area contributed by atoms with Gasteiger partial charge in [-0.2, -0.15) is 4.57 Å². The minimum absolute atomic E-state index is 1.17. The maximum Gasteiger partial charge on any atom is 0.261 e. The second kappa shape index (κ2) is 16.2. The summed E-state index contributed by atoms with van der Waals surface area (Å²) < 4.78 is 4.95. The zero-order chi connectivity index (χ0) is 21.3. The summed E-state index contributed by atoms with van der Waals surface area (Å²) in [7, 11) is 0. The van der Waals surface area contributed by atoms with E-state index in [1.165, 1.54) is 121 Å². The standard InChI is InChI=1S/C28H47N2/c1-3-5-7-9-11-12-14-19-23-28-29(24-20-15-13-10-8-6-4-2)25-26-30(28)27-21-17-16-18-22-27/h16-18,21-22,25-26H,3-15,19-20,23-24H2,1-2H3/q+1. The van der Waals surface area contributed by atoms with Gasteiger partial charge in [-0.05, 0) is 31.4 Å². The molecule has 0 atom stereocenters. The number of hydrogen-bond acceptors (Lipinski definition) is 0. The molecule has 0 spiro atoms. The monoisotopic (exact) mass is 411 g/mol. The molecular formula is C28H47N2+. The third-order valence-corrected chi connectivity index (χ3v) is 6.30. The molecule has 1 aromatic heterocycles. The van der Waals surface area contributed by atoms with Crippen LogP contribution in [0.5, 0.6) is 0 Å². The highest BCUT2D eigenvalue weighted by Gasteiger charge is 2.18. The molecule has 30 heavy (non-hydrogen) atoms. The molecule has 2 nitrogen and oxygen atoms in total. The minimum Gasteiger partial charge on any atom is -0.234 e. The molecule has 0 bridgehead atoms. The first-order valence-corrected chi connectivity index (χ1v) is 13.0. The molecule has 0 amide bonds. The Morgan fingerprint density at radius 2 is 1.17 bits per heavy atom. The van der Waals surface area contributed by atoms with Crippen LogP contribution in [-0.4, -0.2) is 4.57 Å². The molecule has 0 radical (unpaired) electrons. The van der Waals surface area contributed by atoms with Gasteiger partial charge in [0, 0.05) is 6.42 Å². The Labute approximate surface area is 186 Å². The molecule has 0 aliphatic carbocycles. The molecular weight excluding hydrogens is 364 g/mol. The summed E-state index contributed by atoms with van der Waals surface area (Å²) in [6.07, 6.45) is 26.5. The summed E-state index contributed by atoms with van der Waals surface area (Å²) in [5.41, 5.74) is 1.30. The number of unbranched alkanes of at least 4 members (excludes halogenated alkanes) is 13. The van der Waals surface area contributed by atoms with Crippen LogP contribution in [0.15, 0.2) is 42.7 Å². The van der Waals surface area contributed by atoms with Gasteiger partial charge in [-0.25, -0.2) is 4.57 Å². The van der Waals surface area contributed by atoms with E-state index in [1.807, 2.05) is 0 Å².